The van der Waals surface area contributed by atoms with Gasteiger partial charge in [0.15, 0.2) is 0 Å². The maximum absolute atomic E-state index is 13.8. The third-order valence-corrected chi connectivity index (χ3v) is 4.24. The Hall–Kier alpha value is -1.47. The molecule has 1 aromatic carbocycles. The first-order valence-electron chi connectivity index (χ1n) is 6.15. The van der Waals surface area contributed by atoms with E-state index in [4.69, 9.17) is 5.11 Å². The molecule has 20 heavy (non-hydrogen) atoms. The van der Waals surface area contributed by atoms with Crippen LogP contribution in [0.3, 0.4) is 0 Å². The molecule has 0 aliphatic carbocycles. The molecule has 0 saturated carbocycles. The lowest BCUT2D eigenvalue weighted by atomic mass is 10.1. The van der Waals surface area contributed by atoms with Crippen LogP contribution in [-0.4, -0.2) is 25.5 Å². The van der Waals surface area contributed by atoms with Gasteiger partial charge in [0.1, 0.15) is 16.8 Å². The summed E-state index contributed by atoms with van der Waals surface area (Å²) in [5.74, 6) is -2.16. The van der Waals surface area contributed by atoms with Gasteiger partial charge in [-0.1, -0.05) is 26.0 Å². The number of carboxylic acid groups (broad SMARTS) is 1. The lowest BCUT2D eigenvalue weighted by molar-refractivity contribution is -0.139. The van der Waals surface area contributed by atoms with Gasteiger partial charge in [0, 0.05) is 0 Å². The van der Waals surface area contributed by atoms with Crippen LogP contribution in [0.5, 0.6) is 0 Å². The monoisotopic (exact) mass is 303 g/mol. The fraction of sp³-hybridized carbons (Fsp3) is 0.462. The number of aryl methyl sites for hydroxylation is 1. The molecule has 1 atom stereocenters. The van der Waals surface area contributed by atoms with Gasteiger partial charge in [-0.05, 0) is 30.9 Å². The molecule has 0 heterocycles. The molecule has 0 radical (unpaired) electrons. The average molecular weight is 303 g/mol. The summed E-state index contributed by atoms with van der Waals surface area (Å²) < 4.78 is 40.1. The summed E-state index contributed by atoms with van der Waals surface area (Å²) in [5, 5.41) is 9.04. The molecular formula is C13H18FNO4S. The van der Waals surface area contributed by atoms with Crippen LogP contribution in [0.1, 0.15) is 25.8 Å². The molecule has 0 aliphatic heterocycles. The zero-order valence-electron chi connectivity index (χ0n) is 11.6. The van der Waals surface area contributed by atoms with E-state index in [2.05, 4.69) is 0 Å². The van der Waals surface area contributed by atoms with Gasteiger partial charge in [0.25, 0.3) is 0 Å². The number of sulfonamides is 1. The van der Waals surface area contributed by atoms with Crippen LogP contribution in [0.25, 0.3) is 0 Å². The first-order chi connectivity index (χ1) is 9.15. The molecule has 0 fully saturated rings. The van der Waals surface area contributed by atoms with Gasteiger partial charge in [-0.15, -0.1) is 0 Å². The van der Waals surface area contributed by atoms with E-state index in [1.54, 1.807) is 13.8 Å². The molecule has 0 saturated heterocycles. The Morgan fingerprint density at radius 2 is 2.00 bits per heavy atom. The minimum atomic E-state index is -4.21. The Bertz CT molecular complexity index is 598. The van der Waals surface area contributed by atoms with Gasteiger partial charge in [-0.25, -0.2) is 12.8 Å². The molecule has 112 valence electrons. The van der Waals surface area contributed by atoms with Gasteiger partial charge >= 0.3 is 5.97 Å². The van der Waals surface area contributed by atoms with Crippen LogP contribution >= 0.6 is 0 Å². The van der Waals surface area contributed by atoms with E-state index in [1.807, 2.05) is 4.72 Å². The standard InChI is InChI=1S/C13H18FNO4S/c1-8(2)7-10(13(16)17)15-20(18,19)11-6-4-5-9(3)12(11)14/h4-6,8,10,15H,7H2,1-3H3,(H,16,17). The minimum absolute atomic E-state index is 0.0128. The molecule has 0 amide bonds. The number of aliphatic carboxylic acids is 1. The van der Waals surface area contributed by atoms with Gasteiger partial charge in [0.2, 0.25) is 10.0 Å². The number of carboxylic acids is 1. The highest BCUT2D eigenvalue weighted by Crippen LogP contribution is 2.18. The lowest BCUT2D eigenvalue weighted by Crippen LogP contribution is -2.41. The fourth-order valence-electron chi connectivity index (χ4n) is 1.75. The van der Waals surface area contributed by atoms with Crippen LogP contribution < -0.4 is 4.72 Å². The Balaban J connectivity index is 3.10. The Labute approximate surface area is 117 Å². The first-order valence-corrected chi connectivity index (χ1v) is 7.63. The van der Waals surface area contributed by atoms with E-state index < -0.39 is 32.7 Å². The molecule has 2 N–H and O–H groups in total. The number of carbonyl (C=O) groups is 1. The molecule has 0 aromatic heterocycles. The largest absolute Gasteiger partial charge is 0.480 e. The quantitative estimate of drug-likeness (QED) is 0.841. The molecule has 1 unspecified atom stereocenters. The van der Waals surface area contributed by atoms with Gasteiger partial charge in [0.05, 0.1) is 0 Å². The Morgan fingerprint density at radius 3 is 2.50 bits per heavy atom. The van der Waals surface area contributed by atoms with Crippen LogP contribution in [0, 0.1) is 18.7 Å². The Morgan fingerprint density at radius 1 is 1.40 bits per heavy atom. The molecule has 1 rings (SSSR count). The predicted octanol–water partition coefficient (Wildman–Crippen LogP) is 1.91. The van der Waals surface area contributed by atoms with Gasteiger partial charge in [-0.2, -0.15) is 4.72 Å². The van der Waals surface area contributed by atoms with Crippen LogP contribution in [0.2, 0.25) is 0 Å². The summed E-state index contributed by atoms with van der Waals surface area (Å²) in [6.45, 7) is 4.99. The highest BCUT2D eigenvalue weighted by Gasteiger charge is 2.28. The van der Waals surface area contributed by atoms with Crippen molar-refractivity contribution in [3.8, 4) is 0 Å². The summed E-state index contributed by atoms with van der Waals surface area (Å²) in [6, 6.07) is 2.68. The second kappa shape index (κ2) is 6.32. The van der Waals surface area contributed by atoms with Gasteiger partial charge in [-0.3, -0.25) is 4.79 Å². The number of hydrogen-bond donors (Lipinski definition) is 2. The minimum Gasteiger partial charge on any atom is -0.480 e. The molecular weight excluding hydrogens is 285 g/mol. The molecule has 1 aromatic rings. The fourth-order valence-corrected chi connectivity index (χ4v) is 3.10. The molecule has 0 bridgehead atoms. The third kappa shape index (κ3) is 4.01. The number of benzene rings is 1. The van der Waals surface area contributed by atoms with Crippen molar-refractivity contribution in [2.45, 2.75) is 38.1 Å². The maximum atomic E-state index is 13.8. The maximum Gasteiger partial charge on any atom is 0.321 e. The second-order valence-corrected chi connectivity index (χ2v) is 6.71. The SMILES string of the molecule is Cc1cccc(S(=O)(=O)NC(CC(C)C)C(=O)O)c1F. The summed E-state index contributed by atoms with van der Waals surface area (Å²) in [6.07, 6.45) is 0.127. The predicted molar refractivity (Wildman–Crippen MR) is 72.3 cm³/mol. The van der Waals surface area contributed by atoms with E-state index in [9.17, 15) is 17.6 Å². The molecule has 5 nitrogen and oxygen atoms in total. The summed E-state index contributed by atoms with van der Waals surface area (Å²) in [7, 11) is -4.21. The number of rotatable bonds is 6. The second-order valence-electron chi connectivity index (χ2n) is 5.03. The van der Waals surface area contributed by atoms with Crippen molar-refractivity contribution in [2.24, 2.45) is 5.92 Å². The van der Waals surface area contributed by atoms with E-state index in [-0.39, 0.29) is 17.9 Å². The highest BCUT2D eigenvalue weighted by molar-refractivity contribution is 7.89. The summed E-state index contributed by atoms with van der Waals surface area (Å²) in [4.78, 5) is 10.5. The summed E-state index contributed by atoms with van der Waals surface area (Å²) >= 11 is 0. The average Bonchev–Trinajstić information content (AvgIpc) is 2.30. The first kappa shape index (κ1) is 16.6. The zero-order chi connectivity index (χ0) is 15.5. The van der Waals surface area contributed by atoms with Crippen molar-refractivity contribution in [1.29, 1.82) is 0 Å². The zero-order valence-corrected chi connectivity index (χ0v) is 12.4. The van der Waals surface area contributed by atoms with Gasteiger partial charge < -0.3 is 5.11 Å². The van der Waals surface area contributed by atoms with E-state index in [0.29, 0.717) is 0 Å². The molecule has 0 aliphatic rings. The number of hydrogen-bond acceptors (Lipinski definition) is 3. The topological polar surface area (TPSA) is 83.5 Å². The van der Waals surface area contributed by atoms with Crippen LogP contribution in [-0.2, 0) is 14.8 Å². The van der Waals surface area contributed by atoms with Crippen molar-refractivity contribution in [1.82, 2.24) is 4.72 Å². The number of nitrogens with one attached hydrogen (secondary N) is 1. The molecule has 0 spiro atoms. The van der Waals surface area contributed by atoms with Crippen molar-refractivity contribution in [3.05, 3.63) is 29.6 Å². The van der Waals surface area contributed by atoms with E-state index >= 15 is 0 Å². The van der Waals surface area contributed by atoms with Crippen LogP contribution in [0.4, 0.5) is 4.39 Å². The lowest BCUT2D eigenvalue weighted by Gasteiger charge is -2.17. The van der Waals surface area contributed by atoms with Crippen LogP contribution in [0.15, 0.2) is 23.1 Å². The van der Waals surface area contributed by atoms with Crippen molar-refractivity contribution in [3.63, 3.8) is 0 Å². The van der Waals surface area contributed by atoms with Crippen molar-refractivity contribution >= 4 is 16.0 Å². The molecule has 7 heteroatoms. The smallest absolute Gasteiger partial charge is 0.321 e. The number of halogens is 1. The Kier molecular flexibility index (Phi) is 5.24. The summed E-state index contributed by atoms with van der Waals surface area (Å²) in [5.41, 5.74) is 0.184. The van der Waals surface area contributed by atoms with Crippen molar-refractivity contribution in [2.75, 3.05) is 0 Å². The van der Waals surface area contributed by atoms with Crippen molar-refractivity contribution < 1.29 is 22.7 Å². The normalized spacial score (nSPS) is 13.4. The van der Waals surface area contributed by atoms with E-state index in [0.717, 1.165) is 6.07 Å². The third-order valence-electron chi connectivity index (χ3n) is 2.75. The highest BCUT2D eigenvalue weighted by atomic mass is 32.2. The van der Waals surface area contributed by atoms with E-state index in [1.165, 1.54) is 19.1 Å².